The maximum absolute atomic E-state index is 13.4. The van der Waals surface area contributed by atoms with E-state index >= 15 is 0 Å². The molecule has 0 aromatic heterocycles. The molecule has 13 heteroatoms. The molecule has 12 nitrogen and oxygen atoms in total. The predicted molar refractivity (Wildman–Crippen MR) is 146 cm³/mol. The van der Waals surface area contributed by atoms with Crippen LogP contribution in [0.5, 0.6) is 0 Å². The van der Waals surface area contributed by atoms with Crippen LogP contribution in [0.4, 0.5) is 0 Å². The van der Waals surface area contributed by atoms with Crippen LogP contribution in [0.15, 0.2) is 30.3 Å². The van der Waals surface area contributed by atoms with Crippen molar-refractivity contribution < 1.29 is 39.0 Å². The average Bonchev–Trinajstić information content (AvgIpc) is 2.87. The number of nitrogens with one attached hydrogen (secondary N) is 4. The Morgan fingerprint density at radius 3 is 1.95 bits per heavy atom. The maximum atomic E-state index is 13.4. The maximum Gasteiger partial charge on any atom is 0.326 e. The summed E-state index contributed by atoms with van der Waals surface area (Å²) in [7, 11) is 0. The van der Waals surface area contributed by atoms with Crippen molar-refractivity contribution in [2.45, 2.75) is 70.1 Å². The summed E-state index contributed by atoms with van der Waals surface area (Å²) in [6, 6.07) is 4.19. The van der Waals surface area contributed by atoms with E-state index in [0.717, 1.165) is 0 Å². The Morgan fingerprint density at radius 2 is 1.41 bits per heavy atom. The Bertz CT molecular complexity index is 976. The van der Waals surface area contributed by atoms with Gasteiger partial charge in [0.15, 0.2) is 0 Å². The molecule has 0 aliphatic heterocycles. The van der Waals surface area contributed by atoms with Crippen LogP contribution >= 0.6 is 11.8 Å². The van der Waals surface area contributed by atoms with Gasteiger partial charge in [0, 0.05) is 12.8 Å². The van der Waals surface area contributed by atoms with E-state index in [-0.39, 0.29) is 25.2 Å². The fourth-order valence-electron chi connectivity index (χ4n) is 3.71. The minimum absolute atomic E-state index is 0.0152. The molecule has 0 saturated heterocycles. The van der Waals surface area contributed by atoms with Crippen molar-refractivity contribution in [2.75, 3.05) is 12.0 Å². The summed E-state index contributed by atoms with van der Waals surface area (Å²) >= 11 is 1.50. The van der Waals surface area contributed by atoms with Crippen molar-refractivity contribution in [2.24, 2.45) is 5.92 Å². The Balaban J connectivity index is 3.15. The Labute approximate surface area is 232 Å². The van der Waals surface area contributed by atoms with Gasteiger partial charge in [-0.1, -0.05) is 44.2 Å². The SMILES string of the molecule is CSCC[C@H](NC=O)C(=O)N[C@@H](CC(C)C)C(=O)N[C@@H](Cc1ccccc1)C(=O)N[C@@H](CCC(=O)O)C(=O)O. The second-order valence-electron chi connectivity index (χ2n) is 9.39. The van der Waals surface area contributed by atoms with Gasteiger partial charge in [-0.15, -0.1) is 0 Å². The molecule has 0 radical (unpaired) electrons. The summed E-state index contributed by atoms with van der Waals surface area (Å²) in [4.78, 5) is 72.9. The van der Waals surface area contributed by atoms with E-state index in [1.165, 1.54) is 11.8 Å². The van der Waals surface area contributed by atoms with Gasteiger partial charge in [-0.25, -0.2) is 4.79 Å². The molecule has 1 aromatic carbocycles. The van der Waals surface area contributed by atoms with Crippen LogP contribution in [0.25, 0.3) is 0 Å². The standard InChI is InChI=1S/C26H38N4O8S/c1-16(2)13-20(29-23(34)18(27-15-31)11-12-39-3)24(35)30-21(14-17-7-5-4-6-8-17)25(36)28-19(26(37)38)9-10-22(32)33/h4-8,15-16,18-21H,9-14H2,1-3H3,(H,27,31)(H,28,36)(H,29,34)(H,30,35)(H,32,33)(H,37,38)/t18-,19-,20-,21-/m0/s1. The van der Waals surface area contributed by atoms with Crippen molar-refractivity contribution in [3.63, 3.8) is 0 Å². The summed E-state index contributed by atoms with van der Waals surface area (Å²) in [5.41, 5.74) is 0.687. The zero-order valence-corrected chi connectivity index (χ0v) is 23.2. The van der Waals surface area contributed by atoms with Gasteiger partial charge in [0.2, 0.25) is 24.1 Å². The smallest absolute Gasteiger partial charge is 0.326 e. The summed E-state index contributed by atoms with van der Waals surface area (Å²) < 4.78 is 0. The van der Waals surface area contributed by atoms with Gasteiger partial charge in [-0.05, 0) is 42.8 Å². The van der Waals surface area contributed by atoms with E-state index in [0.29, 0.717) is 24.1 Å². The van der Waals surface area contributed by atoms with E-state index in [2.05, 4.69) is 21.3 Å². The molecule has 0 unspecified atom stereocenters. The minimum atomic E-state index is -1.47. The zero-order valence-electron chi connectivity index (χ0n) is 22.3. The molecule has 1 rings (SSSR count). The average molecular weight is 567 g/mol. The molecule has 6 N–H and O–H groups in total. The lowest BCUT2D eigenvalue weighted by atomic mass is 10.00. The topological polar surface area (TPSA) is 191 Å². The molecule has 0 heterocycles. The minimum Gasteiger partial charge on any atom is -0.481 e. The molecular formula is C26H38N4O8S. The normalized spacial score (nSPS) is 13.8. The van der Waals surface area contributed by atoms with Crippen LogP contribution in [0.1, 0.15) is 45.1 Å². The van der Waals surface area contributed by atoms with E-state index in [1.54, 1.807) is 30.3 Å². The number of benzene rings is 1. The van der Waals surface area contributed by atoms with Crippen LogP contribution in [0, 0.1) is 5.92 Å². The van der Waals surface area contributed by atoms with Gasteiger partial charge < -0.3 is 31.5 Å². The predicted octanol–water partition coefficient (Wildman–Crippen LogP) is 0.547. The number of aliphatic carboxylic acids is 2. The first-order valence-electron chi connectivity index (χ1n) is 12.6. The molecule has 0 fully saturated rings. The van der Waals surface area contributed by atoms with E-state index in [1.807, 2.05) is 20.1 Å². The number of hydrogen-bond donors (Lipinski definition) is 6. The van der Waals surface area contributed by atoms with Gasteiger partial charge in [0.05, 0.1) is 0 Å². The number of carbonyl (C=O) groups is 6. The third-order valence-corrected chi connectivity index (χ3v) is 6.36. The van der Waals surface area contributed by atoms with Crippen LogP contribution < -0.4 is 21.3 Å². The van der Waals surface area contributed by atoms with Gasteiger partial charge in [0.25, 0.3) is 0 Å². The van der Waals surface area contributed by atoms with Crippen LogP contribution in [-0.2, 0) is 35.2 Å². The molecule has 0 aliphatic rings. The lowest BCUT2D eigenvalue weighted by molar-refractivity contribution is -0.143. The highest BCUT2D eigenvalue weighted by Gasteiger charge is 2.31. The monoisotopic (exact) mass is 566 g/mol. The lowest BCUT2D eigenvalue weighted by Gasteiger charge is -2.26. The van der Waals surface area contributed by atoms with Gasteiger partial charge >= 0.3 is 11.9 Å². The summed E-state index contributed by atoms with van der Waals surface area (Å²) in [6.45, 7) is 3.71. The Kier molecular flexibility index (Phi) is 15.3. The Hall–Kier alpha value is -3.61. The molecule has 4 atom stereocenters. The molecule has 39 heavy (non-hydrogen) atoms. The van der Waals surface area contributed by atoms with Gasteiger partial charge in [0.1, 0.15) is 24.2 Å². The third kappa shape index (κ3) is 13.1. The summed E-state index contributed by atoms with van der Waals surface area (Å²) in [5.74, 6) is -4.03. The van der Waals surface area contributed by atoms with E-state index in [9.17, 15) is 33.9 Å². The van der Waals surface area contributed by atoms with Crippen LogP contribution in [-0.4, -0.2) is 82.5 Å². The lowest BCUT2D eigenvalue weighted by Crippen LogP contribution is -2.58. The van der Waals surface area contributed by atoms with Gasteiger partial charge in [-0.2, -0.15) is 11.8 Å². The zero-order chi connectivity index (χ0) is 29.4. The fraction of sp³-hybridized carbons (Fsp3) is 0.538. The van der Waals surface area contributed by atoms with Crippen molar-refractivity contribution in [3.05, 3.63) is 35.9 Å². The van der Waals surface area contributed by atoms with E-state index < -0.39 is 60.2 Å². The highest BCUT2D eigenvalue weighted by molar-refractivity contribution is 7.98. The number of carbonyl (C=O) groups excluding carboxylic acids is 4. The van der Waals surface area contributed by atoms with Crippen molar-refractivity contribution >= 4 is 47.8 Å². The first-order valence-corrected chi connectivity index (χ1v) is 14.0. The number of carboxylic acids is 2. The highest BCUT2D eigenvalue weighted by Crippen LogP contribution is 2.10. The largest absolute Gasteiger partial charge is 0.481 e. The second kappa shape index (κ2) is 17.8. The molecule has 216 valence electrons. The van der Waals surface area contributed by atoms with Gasteiger partial charge in [-0.3, -0.25) is 24.0 Å². The molecule has 0 aliphatic carbocycles. The van der Waals surface area contributed by atoms with E-state index in [4.69, 9.17) is 5.11 Å². The molecular weight excluding hydrogens is 528 g/mol. The quantitative estimate of drug-likeness (QED) is 0.130. The molecule has 0 bridgehead atoms. The number of rotatable bonds is 19. The first-order chi connectivity index (χ1) is 18.5. The van der Waals surface area contributed by atoms with Crippen molar-refractivity contribution in [3.8, 4) is 0 Å². The second-order valence-corrected chi connectivity index (χ2v) is 10.4. The molecule has 1 aromatic rings. The number of amides is 4. The first kappa shape index (κ1) is 33.4. The molecule has 0 saturated carbocycles. The molecule has 0 spiro atoms. The van der Waals surface area contributed by atoms with Crippen molar-refractivity contribution in [1.82, 2.24) is 21.3 Å². The summed E-state index contributed by atoms with van der Waals surface area (Å²) in [6.07, 6.45) is 2.09. The van der Waals surface area contributed by atoms with Crippen LogP contribution in [0.2, 0.25) is 0 Å². The molecule has 4 amide bonds. The van der Waals surface area contributed by atoms with Crippen molar-refractivity contribution in [1.29, 1.82) is 0 Å². The number of hydrogen-bond acceptors (Lipinski definition) is 7. The highest BCUT2D eigenvalue weighted by atomic mass is 32.2. The third-order valence-electron chi connectivity index (χ3n) is 5.71. The fourth-order valence-corrected chi connectivity index (χ4v) is 4.18. The Morgan fingerprint density at radius 1 is 0.846 bits per heavy atom. The number of carboxylic acid groups (broad SMARTS) is 2. The van der Waals surface area contributed by atoms with Crippen LogP contribution in [0.3, 0.4) is 0 Å². The summed E-state index contributed by atoms with van der Waals surface area (Å²) in [5, 5.41) is 28.4. The number of thioether (sulfide) groups is 1.